The standard InChI is InChI=1S/C20H30N2O5S/c1-15(2)6-9-21-20(23)16-7-10-22(11-8-16)28(24,25)17-4-5-18-19(14-17)27-13-3-12-26-18/h4-5,14-16H,3,6-13H2,1-2H3,(H,21,23). The number of hydrogen-bond donors (Lipinski definition) is 1. The topological polar surface area (TPSA) is 84.9 Å². The van der Waals surface area contributed by atoms with Crippen molar-refractivity contribution >= 4 is 15.9 Å². The fourth-order valence-electron chi connectivity index (χ4n) is 3.44. The van der Waals surface area contributed by atoms with E-state index in [1.807, 2.05) is 0 Å². The summed E-state index contributed by atoms with van der Waals surface area (Å²) in [6, 6.07) is 4.76. The van der Waals surface area contributed by atoms with Crippen molar-refractivity contribution in [3.8, 4) is 11.5 Å². The van der Waals surface area contributed by atoms with Gasteiger partial charge in [-0.15, -0.1) is 0 Å². The number of rotatable bonds is 6. The predicted molar refractivity (Wildman–Crippen MR) is 106 cm³/mol. The Balaban J connectivity index is 1.60. The van der Waals surface area contributed by atoms with Crippen molar-refractivity contribution in [3.05, 3.63) is 18.2 Å². The Labute approximate surface area is 167 Å². The molecule has 8 heteroatoms. The molecule has 1 saturated heterocycles. The Hall–Kier alpha value is -1.80. The zero-order valence-corrected chi connectivity index (χ0v) is 17.5. The van der Waals surface area contributed by atoms with Gasteiger partial charge in [0.05, 0.1) is 18.1 Å². The second kappa shape index (κ2) is 9.13. The number of carbonyl (C=O) groups excluding carboxylic acids is 1. The van der Waals surface area contributed by atoms with Crippen molar-refractivity contribution in [2.75, 3.05) is 32.8 Å². The van der Waals surface area contributed by atoms with Crippen LogP contribution in [0.5, 0.6) is 11.5 Å². The summed E-state index contributed by atoms with van der Waals surface area (Å²) in [5, 5.41) is 2.97. The number of sulfonamides is 1. The average Bonchev–Trinajstić information content (AvgIpc) is 2.92. The van der Waals surface area contributed by atoms with Crippen molar-refractivity contribution in [2.24, 2.45) is 11.8 Å². The van der Waals surface area contributed by atoms with Crippen molar-refractivity contribution in [1.82, 2.24) is 9.62 Å². The highest BCUT2D eigenvalue weighted by Gasteiger charge is 2.32. The molecule has 28 heavy (non-hydrogen) atoms. The molecule has 1 fully saturated rings. The van der Waals surface area contributed by atoms with Gasteiger partial charge < -0.3 is 14.8 Å². The third-order valence-electron chi connectivity index (χ3n) is 5.20. The largest absolute Gasteiger partial charge is 0.490 e. The first-order chi connectivity index (χ1) is 13.4. The quantitative estimate of drug-likeness (QED) is 0.778. The van der Waals surface area contributed by atoms with E-state index in [1.54, 1.807) is 18.2 Å². The number of benzene rings is 1. The number of nitrogens with one attached hydrogen (secondary N) is 1. The molecule has 3 rings (SSSR count). The monoisotopic (exact) mass is 410 g/mol. The van der Waals surface area contributed by atoms with Gasteiger partial charge in [-0.2, -0.15) is 4.31 Å². The van der Waals surface area contributed by atoms with Crippen LogP contribution >= 0.6 is 0 Å². The minimum Gasteiger partial charge on any atom is -0.490 e. The Morgan fingerprint density at radius 2 is 1.86 bits per heavy atom. The number of piperidine rings is 1. The SMILES string of the molecule is CC(C)CCNC(=O)C1CCN(S(=O)(=O)c2ccc3c(c2)OCCCO3)CC1. The van der Waals surface area contributed by atoms with E-state index < -0.39 is 10.0 Å². The smallest absolute Gasteiger partial charge is 0.243 e. The summed E-state index contributed by atoms with van der Waals surface area (Å²) < 4.78 is 38.7. The highest BCUT2D eigenvalue weighted by molar-refractivity contribution is 7.89. The highest BCUT2D eigenvalue weighted by atomic mass is 32.2. The highest BCUT2D eigenvalue weighted by Crippen LogP contribution is 2.33. The fourth-order valence-corrected chi connectivity index (χ4v) is 4.93. The van der Waals surface area contributed by atoms with Crippen LogP contribution in [0.25, 0.3) is 0 Å². The van der Waals surface area contributed by atoms with Gasteiger partial charge in [0.1, 0.15) is 0 Å². The average molecular weight is 411 g/mol. The molecule has 0 unspecified atom stereocenters. The van der Waals surface area contributed by atoms with Gasteiger partial charge in [-0.25, -0.2) is 8.42 Å². The normalized spacial score (nSPS) is 18.7. The van der Waals surface area contributed by atoms with Gasteiger partial charge in [-0.1, -0.05) is 13.8 Å². The van der Waals surface area contributed by atoms with Gasteiger partial charge in [0, 0.05) is 38.0 Å². The van der Waals surface area contributed by atoms with Crippen LogP contribution in [0.15, 0.2) is 23.1 Å². The number of nitrogens with zero attached hydrogens (tertiary/aromatic N) is 1. The molecule has 0 spiro atoms. The minimum absolute atomic E-state index is 0.0354. The molecule has 1 amide bonds. The Kier molecular flexibility index (Phi) is 6.82. The Morgan fingerprint density at radius 1 is 1.18 bits per heavy atom. The number of hydrogen-bond acceptors (Lipinski definition) is 5. The lowest BCUT2D eigenvalue weighted by molar-refractivity contribution is -0.126. The molecule has 2 heterocycles. The molecule has 0 atom stereocenters. The molecule has 0 saturated carbocycles. The van der Waals surface area contributed by atoms with Crippen LogP contribution in [-0.4, -0.2) is 51.5 Å². The van der Waals surface area contributed by atoms with Crippen LogP contribution in [0.3, 0.4) is 0 Å². The molecule has 7 nitrogen and oxygen atoms in total. The van der Waals surface area contributed by atoms with E-state index in [0.29, 0.717) is 63.1 Å². The van der Waals surface area contributed by atoms with E-state index in [1.165, 1.54) is 4.31 Å². The summed E-state index contributed by atoms with van der Waals surface area (Å²) >= 11 is 0. The van der Waals surface area contributed by atoms with Crippen LogP contribution in [0.4, 0.5) is 0 Å². The molecule has 0 bridgehead atoms. The van der Waals surface area contributed by atoms with E-state index in [4.69, 9.17) is 9.47 Å². The first kappa shape index (κ1) is 20.9. The summed E-state index contributed by atoms with van der Waals surface area (Å²) in [6.45, 7) is 6.67. The molecule has 0 aromatic heterocycles. The van der Waals surface area contributed by atoms with Gasteiger partial charge in [-0.3, -0.25) is 4.79 Å². The van der Waals surface area contributed by atoms with Crippen LogP contribution in [-0.2, 0) is 14.8 Å². The number of ether oxygens (including phenoxy) is 2. The van der Waals surface area contributed by atoms with Gasteiger partial charge in [0.15, 0.2) is 11.5 Å². The van der Waals surface area contributed by atoms with E-state index in [0.717, 1.165) is 12.8 Å². The zero-order chi connectivity index (χ0) is 20.1. The summed E-state index contributed by atoms with van der Waals surface area (Å²) in [6.07, 6.45) is 2.79. The molecule has 2 aliphatic rings. The first-order valence-electron chi connectivity index (χ1n) is 10.1. The lowest BCUT2D eigenvalue weighted by Gasteiger charge is -2.30. The molecule has 1 aromatic rings. The maximum absolute atomic E-state index is 13.0. The number of carbonyl (C=O) groups is 1. The molecule has 0 radical (unpaired) electrons. The lowest BCUT2D eigenvalue weighted by atomic mass is 9.97. The predicted octanol–water partition coefficient (Wildman–Crippen LogP) is 2.41. The summed E-state index contributed by atoms with van der Waals surface area (Å²) in [5.41, 5.74) is 0. The van der Waals surface area contributed by atoms with Crippen LogP contribution in [0, 0.1) is 11.8 Å². The zero-order valence-electron chi connectivity index (χ0n) is 16.6. The van der Waals surface area contributed by atoms with E-state index in [2.05, 4.69) is 19.2 Å². The molecular weight excluding hydrogens is 380 g/mol. The Bertz CT molecular complexity index is 786. The second-order valence-electron chi connectivity index (χ2n) is 7.81. The number of fused-ring (bicyclic) bond motifs is 1. The van der Waals surface area contributed by atoms with Crippen molar-refractivity contribution < 1.29 is 22.7 Å². The maximum Gasteiger partial charge on any atom is 0.243 e. The van der Waals surface area contributed by atoms with Crippen molar-refractivity contribution in [1.29, 1.82) is 0 Å². The molecular formula is C20H30N2O5S. The van der Waals surface area contributed by atoms with Gasteiger partial charge in [0.25, 0.3) is 0 Å². The van der Waals surface area contributed by atoms with Crippen molar-refractivity contribution in [2.45, 2.75) is 44.4 Å². The van der Waals surface area contributed by atoms with Crippen LogP contribution < -0.4 is 14.8 Å². The molecule has 1 N–H and O–H groups in total. The minimum atomic E-state index is -3.62. The first-order valence-corrected chi connectivity index (χ1v) is 11.5. The van der Waals surface area contributed by atoms with Gasteiger partial charge >= 0.3 is 0 Å². The summed E-state index contributed by atoms with van der Waals surface area (Å²) in [5.74, 6) is 1.50. The van der Waals surface area contributed by atoms with E-state index in [-0.39, 0.29) is 16.7 Å². The Morgan fingerprint density at radius 3 is 2.54 bits per heavy atom. The van der Waals surface area contributed by atoms with E-state index >= 15 is 0 Å². The third-order valence-corrected chi connectivity index (χ3v) is 7.10. The lowest BCUT2D eigenvalue weighted by Crippen LogP contribution is -2.43. The maximum atomic E-state index is 13.0. The van der Waals surface area contributed by atoms with Crippen LogP contribution in [0.2, 0.25) is 0 Å². The van der Waals surface area contributed by atoms with Gasteiger partial charge in [-0.05, 0) is 37.3 Å². The fraction of sp³-hybridized carbons (Fsp3) is 0.650. The molecule has 156 valence electrons. The molecule has 0 aliphatic carbocycles. The number of amides is 1. The van der Waals surface area contributed by atoms with E-state index in [9.17, 15) is 13.2 Å². The van der Waals surface area contributed by atoms with Crippen molar-refractivity contribution in [3.63, 3.8) is 0 Å². The second-order valence-corrected chi connectivity index (χ2v) is 9.75. The molecule has 2 aliphatic heterocycles. The summed E-state index contributed by atoms with van der Waals surface area (Å²) in [7, 11) is -3.62. The van der Waals surface area contributed by atoms with Crippen LogP contribution in [0.1, 0.15) is 39.5 Å². The van der Waals surface area contributed by atoms with Gasteiger partial charge in [0.2, 0.25) is 15.9 Å². The summed E-state index contributed by atoms with van der Waals surface area (Å²) in [4.78, 5) is 12.5. The molecule has 1 aromatic carbocycles. The third kappa shape index (κ3) is 4.97.